The number of alkyl halides is 1. The monoisotopic (exact) mass is 393 g/mol. The lowest BCUT2D eigenvalue weighted by atomic mass is 10.2. The highest BCUT2D eigenvalue weighted by atomic mass is 35.5. The molecule has 1 aliphatic heterocycles. The molecular weight excluding hydrogens is 370 g/mol. The summed E-state index contributed by atoms with van der Waals surface area (Å²) in [5, 5.41) is 3.19. The topological polar surface area (TPSA) is 45.7 Å². The number of methoxy groups -OCH3 is 1. The van der Waals surface area contributed by atoms with Gasteiger partial charge in [-0.2, -0.15) is 0 Å². The van der Waals surface area contributed by atoms with Gasteiger partial charge in [0.15, 0.2) is 0 Å². The SMILES string of the molecule is COc1cccc(-c2csc(CN3CCN(C(=O)CCCCl)CC3)n2)c1. The lowest BCUT2D eigenvalue weighted by Crippen LogP contribution is -2.48. The van der Waals surface area contributed by atoms with Gasteiger partial charge < -0.3 is 9.64 Å². The molecule has 0 radical (unpaired) electrons. The Hall–Kier alpha value is -1.63. The first-order valence-electron chi connectivity index (χ1n) is 8.84. The van der Waals surface area contributed by atoms with Crippen molar-refractivity contribution in [3.8, 4) is 17.0 Å². The summed E-state index contributed by atoms with van der Waals surface area (Å²) in [6.45, 7) is 4.18. The number of nitrogens with zero attached hydrogens (tertiary/aromatic N) is 3. The third-order valence-electron chi connectivity index (χ3n) is 4.53. The van der Waals surface area contributed by atoms with Crippen LogP contribution in [0.4, 0.5) is 0 Å². The molecule has 1 aliphatic rings. The third kappa shape index (κ3) is 4.96. The molecule has 0 atom stereocenters. The zero-order valence-corrected chi connectivity index (χ0v) is 16.6. The van der Waals surface area contributed by atoms with Crippen LogP contribution in [0.2, 0.25) is 0 Å². The molecule has 0 spiro atoms. The van der Waals surface area contributed by atoms with Crippen molar-refractivity contribution in [1.82, 2.24) is 14.8 Å². The maximum absolute atomic E-state index is 12.1. The van der Waals surface area contributed by atoms with Gasteiger partial charge in [-0.1, -0.05) is 12.1 Å². The van der Waals surface area contributed by atoms with E-state index in [0.29, 0.717) is 12.3 Å². The van der Waals surface area contributed by atoms with Crippen molar-refractivity contribution in [2.45, 2.75) is 19.4 Å². The molecule has 1 aromatic carbocycles. The molecule has 0 bridgehead atoms. The summed E-state index contributed by atoms with van der Waals surface area (Å²) in [5.41, 5.74) is 2.06. The van der Waals surface area contributed by atoms with Gasteiger partial charge in [-0.25, -0.2) is 4.98 Å². The van der Waals surface area contributed by atoms with Crippen molar-refractivity contribution in [3.05, 3.63) is 34.7 Å². The number of piperazine rings is 1. The standard InChI is InChI=1S/C19H24ClN3O2S/c1-25-16-5-2-4-15(12-16)17-14-26-18(21-17)13-22-8-10-23(11-9-22)19(24)6-3-7-20/h2,4-5,12,14H,3,6-11,13H2,1H3. The first kappa shape index (κ1) is 19.1. The third-order valence-corrected chi connectivity index (χ3v) is 5.63. The number of hydrogen-bond acceptors (Lipinski definition) is 5. The van der Waals surface area contributed by atoms with E-state index in [1.54, 1.807) is 18.4 Å². The molecule has 7 heteroatoms. The van der Waals surface area contributed by atoms with Crippen LogP contribution in [0, 0.1) is 0 Å². The summed E-state index contributed by atoms with van der Waals surface area (Å²) in [6.07, 6.45) is 1.31. The Kier molecular flexibility index (Phi) is 6.88. The minimum Gasteiger partial charge on any atom is -0.497 e. The van der Waals surface area contributed by atoms with Crippen LogP contribution < -0.4 is 4.74 Å². The first-order chi connectivity index (χ1) is 12.7. The Morgan fingerprint density at radius 1 is 1.31 bits per heavy atom. The fourth-order valence-electron chi connectivity index (χ4n) is 3.02. The van der Waals surface area contributed by atoms with E-state index in [1.165, 1.54) is 0 Å². The van der Waals surface area contributed by atoms with Crippen LogP contribution >= 0.6 is 22.9 Å². The molecule has 1 aromatic heterocycles. The molecule has 0 aliphatic carbocycles. The Bertz CT molecular complexity index is 729. The number of ether oxygens (including phenoxy) is 1. The Morgan fingerprint density at radius 2 is 2.12 bits per heavy atom. The van der Waals surface area contributed by atoms with Crippen molar-refractivity contribution in [3.63, 3.8) is 0 Å². The van der Waals surface area contributed by atoms with Crippen LogP contribution in [0.15, 0.2) is 29.6 Å². The number of rotatable bonds is 7. The predicted molar refractivity (Wildman–Crippen MR) is 106 cm³/mol. The van der Waals surface area contributed by atoms with E-state index in [9.17, 15) is 4.79 Å². The van der Waals surface area contributed by atoms with Crippen LogP contribution in [0.1, 0.15) is 17.8 Å². The largest absolute Gasteiger partial charge is 0.497 e. The molecule has 26 heavy (non-hydrogen) atoms. The fourth-order valence-corrected chi connectivity index (χ4v) is 4.00. The number of halogens is 1. The van der Waals surface area contributed by atoms with Gasteiger partial charge in [0.1, 0.15) is 10.8 Å². The summed E-state index contributed by atoms with van der Waals surface area (Å²) in [7, 11) is 1.67. The van der Waals surface area contributed by atoms with Gasteiger partial charge in [0.05, 0.1) is 19.3 Å². The number of amides is 1. The lowest BCUT2D eigenvalue weighted by Gasteiger charge is -2.34. The highest BCUT2D eigenvalue weighted by Crippen LogP contribution is 2.26. The van der Waals surface area contributed by atoms with Crippen molar-refractivity contribution in [2.75, 3.05) is 39.2 Å². The van der Waals surface area contributed by atoms with Gasteiger partial charge in [0, 0.05) is 49.4 Å². The average Bonchev–Trinajstić information content (AvgIpc) is 3.15. The molecule has 2 heterocycles. The van der Waals surface area contributed by atoms with Gasteiger partial charge in [-0.3, -0.25) is 9.69 Å². The van der Waals surface area contributed by atoms with Crippen LogP contribution in [0.25, 0.3) is 11.3 Å². The Morgan fingerprint density at radius 3 is 2.85 bits per heavy atom. The summed E-state index contributed by atoms with van der Waals surface area (Å²) >= 11 is 7.35. The summed E-state index contributed by atoms with van der Waals surface area (Å²) in [5.74, 6) is 1.61. The van der Waals surface area contributed by atoms with E-state index in [1.807, 2.05) is 29.2 Å². The molecule has 140 valence electrons. The van der Waals surface area contributed by atoms with Crippen LogP contribution in [-0.4, -0.2) is 59.9 Å². The minimum atomic E-state index is 0.222. The quantitative estimate of drug-likeness (QED) is 0.675. The normalized spacial score (nSPS) is 15.2. The molecule has 5 nitrogen and oxygen atoms in total. The fraction of sp³-hybridized carbons (Fsp3) is 0.474. The minimum absolute atomic E-state index is 0.222. The average molecular weight is 394 g/mol. The first-order valence-corrected chi connectivity index (χ1v) is 10.3. The lowest BCUT2D eigenvalue weighted by molar-refractivity contribution is -0.133. The highest BCUT2D eigenvalue weighted by Gasteiger charge is 2.21. The summed E-state index contributed by atoms with van der Waals surface area (Å²) in [4.78, 5) is 21.1. The van der Waals surface area contributed by atoms with Crippen molar-refractivity contribution >= 4 is 28.8 Å². The van der Waals surface area contributed by atoms with Crippen LogP contribution in [0.3, 0.4) is 0 Å². The molecule has 1 saturated heterocycles. The van der Waals surface area contributed by atoms with Crippen LogP contribution in [-0.2, 0) is 11.3 Å². The second-order valence-corrected chi connectivity index (χ2v) is 7.63. The number of benzene rings is 1. The van der Waals surface area contributed by atoms with Gasteiger partial charge in [0.2, 0.25) is 5.91 Å². The smallest absolute Gasteiger partial charge is 0.222 e. The molecule has 0 saturated carbocycles. The number of carbonyl (C=O) groups is 1. The summed E-state index contributed by atoms with van der Waals surface area (Å²) in [6, 6.07) is 7.97. The second kappa shape index (κ2) is 9.35. The van der Waals surface area contributed by atoms with E-state index in [0.717, 1.165) is 61.2 Å². The Balaban J connectivity index is 1.53. The molecule has 1 amide bonds. The van der Waals surface area contributed by atoms with E-state index in [4.69, 9.17) is 21.3 Å². The van der Waals surface area contributed by atoms with E-state index in [-0.39, 0.29) is 5.91 Å². The van der Waals surface area contributed by atoms with E-state index in [2.05, 4.69) is 10.3 Å². The van der Waals surface area contributed by atoms with E-state index >= 15 is 0 Å². The van der Waals surface area contributed by atoms with Gasteiger partial charge >= 0.3 is 0 Å². The number of aromatic nitrogens is 1. The molecule has 0 N–H and O–H groups in total. The zero-order valence-electron chi connectivity index (χ0n) is 15.0. The van der Waals surface area contributed by atoms with Crippen LogP contribution in [0.5, 0.6) is 5.75 Å². The van der Waals surface area contributed by atoms with Crippen molar-refractivity contribution < 1.29 is 9.53 Å². The maximum Gasteiger partial charge on any atom is 0.222 e. The zero-order chi connectivity index (χ0) is 18.4. The number of hydrogen-bond donors (Lipinski definition) is 0. The summed E-state index contributed by atoms with van der Waals surface area (Å²) < 4.78 is 5.29. The molecule has 2 aromatic rings. The second-order valence-electron chi connectivity index (χ2n) is 6.31. The predicted octanol–water partition coefficient (Wildman–Crippen LogP) is 3.48. The maximum atomic E-state index is 12.1. The number of carbonyl (C=O) groups excluding carboxylic acids is 1. The van der Waals surface area contributed by atoms with Gasteiger partial charge in [-0.15, -0.1) is 22.9 Å². The number of thiazole rings is 1. The van der Waals surface area contributed by atoms with Crippen molar-refractivity contribution in [2.24, 2.45) is 0 Å². The molecular formula is C19H24ClN3O2S. The van der Waals surface area contributed by atoms with Crippen molar-refractivity contribution in [1.29, 1.82) is 0 Å². The molecule has 1 fully saturated rings. The van der Waals surface area contributed by atoms with E-state index < -0.39 is 0 Å². The van der Waals surface area contributed by atoms with Gasteiger partial charge in [-0.05, 0) is 18.6 Å². The molecule has 3 rings (SSSR count). The molecule has 0 unspecified atom stereocenters. The highest BCUT2D eigenvalue weighted by molar-refractivity contribution is 7.09. The Labute approximate surface area is 163 Å². The van der Waals surface area contributed by atoms with Gasteiger partial charge in [0.25, 0.3) is 0 Å².